The maximum Gasteiger partial charge on any atom is 0.260 e. The van der Waals surface area contributed by atoms with E-state index >= 15 is 0 Å². The van der Waals surface area contributed by atoms with Crippen molar-refractivity contribution < 1.29 is 8.42 Å². The van der Waals surface area contributed by atoms with E-state index in [1.807, 2.05) is 0 Å². The molecule has 7 heteroatoms. The number of hydrogen-bond acceptors (Lipinski definition) is 4. The third kappa shape index (κ3) is 4.49. The lowest BCUT2D eigenvalue weighted by atomic mass is 9.87. The Hall–Kier alpha value is -1.08. The number of hydrogen-bond donors (Lipinski definition) is 2. The molecule has 0 saturated carbocycles. The molecule has 0 amide bonds. The molecule has 0 fully saturated rings. The maximum atomic E-state index is 12.3. The van der Waals surface area contributed by atoms with Gasteiger partial charge in [-0.15, -0.1) is 0 Å². The Bertz CT molecular complexity index is 515. The Morgan fingerprint density at radius 1 is 1.40 bits per heavy atom. The van der Waals surface area contributed by atoms with E-state index in [0.717, 1.165) is 19.3 Å². The number of imidazole rings is 1. The first kappa shape index (κ1) is 17.0. The summed E-state index contributed by atoms with van der Waals surface area (Å²) in [6, 6.07) is 0. The van der Waals surface area contributed by atoms with Crippen LogP contribution in [0.3, 0.4) is 0 Å². The first-order chi connectivity index (χ1) is 9.19. The molecule has 1 rings (SSSR count). The average Bonchev–Trinajstić information content (AvgIpc) is 2.68. The highest BCUT2D eigenvalue weighted by Crippen LogP contribution is 2.24. The lowest BCUT2D eigenvalue weighted by molar-refractivity contribution is 0.320. The van der Waals surface area contributed by atoms with Crippen molar-refractivity contribution in [2.24, 2.45) is 12.5 Å². The predicted molar refractivity (Wildman–Crippen MR) is 80.7 cm³/mol. The molecule has 116 valence electrons. The summed E-state index contributed by atoms with van der Waals surface area (Å²) < 4.78 is 28.6. The van der Waals surface area contributed by atoms with Crippen molar-refractivity contribution in [1.29, 1.82) is 0 Å². The lowest BCUT2D eigenvalue weighted by Gasteiger charge is -2.24. The van der Waals surface area contributed by atoms with Gasteiger partial charge in [-0.1, -0.05) is 40.0 Å². The highest BCUT2D eigenvalue weighted by atomic mass is 32.2. The van der Waals surface area contributed by atoms with E-state index in [1.54, 1.807) is 7.05 Å². The Morgan fingerprint density at radius 2 is 2.05 bits per heavy atom. The minimum atomic E-state index is -3.62. The molecular formula is C13H26N4O2S. The summed E-state index contributed by atoms with van der Waals surface area (Å²) in [6.07, 6.45) is 5.83. The van der Waals surface area contributed by atoms with Gasteiger partial charge in [0.05, 0.1) is 6.33 Å². The van der Waals surface area contributed by atoms with Gasteiger partial charge in [0.15, 0.2) is 10.8 Å². The first-order valence-electron chi connectivity index (χ1n) is 6.96. The van der Waals surface area contributed by atoms with Crippen LogP contribution in [0.5, 0.6) is 0 Å². The number of aryl methyl sites for hydroxylation is 1. The molecule has 1 aromatic heterocycles. The van der Waals surface area contributed by atoms with Crippen LogP contribution < -0.4 is 10.5 Å². The summed E-state index contributed by atoms with van der Waals surface area (Å²) in [5.74, 6) is 0.0313. The molecule has 3 N–H and O–H groups in total. The van der Waals surface area contributed by atoms with Gasteiger partial charge in [-0.25, -0.2) is 18.1 Å². The summed E-state index contributed by atoms with van der Waals surface area (Å²) in [5.41, 5.74) is 5.54. The summed E-state index contributed by atoms with van der Waals surface area (Å²) in [4.78, 5) is 3.81. The SMILES string of the molecule is CCCCCC(C)(C)CNS(=O)(=O)c1c(N)ncn1C. The van der Waals surface area contributed by atoms with E-state index < -0.39 is 10.0 Å². The van der Waals surface area contributed by atoms with Gasteiger partial charge in [0.2, 0.25) is 0 Å². The van der Waals surface area contributed by atoms with Gasteiger partial charge in [0.1, 0.15) is 0 Å². The van der Waals surface area contributed by atoms with Crippen molar-refractivity contribution in [1.82, 2.24) is 14.3 Å². The Kier molecular flexibility index (Phi) is 5.59. The van der Waals surface area contributed by atoms with Crippen LogP contribution in [0, 0.1) is 5.41 Å². The number of unbranched alkanes of at least 4 members (excludes halogenated alkanes) is 2. The zero-order chi connectivity index (χ0) is 15.4. The Labute approximate surface area is 121 Å². The van der Waals surface area contributed by atoms with Crippen LogP contribution in [0.1, 0.15) is 46.5 Å². The van der Waals surface area contributed by atoms with E-state index in [1.165, 1.54) is 17.3 Å². The first-order valence-corrected chi connectivity index (χ1v) is 8.44. The Morgan fingerprint density at radius 3 is 2.55 bits per heavy atom. The topological polar surface area (TPSA) is 90.0 Å². The highest BCUT2D eigenvalue weighted by Gasteiger charge is 2.26. The van der Waals surface area contributed by atoms with Gasteiger partial charge in [-0.3, -0.25) is 0 Å². The van der Waals surface area contributed by atoms with E-state index in [9.17, 15) is 8.42 Å². The van der Waals surface area contributed by atoms with Gasteiger partial charge in [-0.2, -0.15) is 0 Å². The van der Waals surface area contributed by atoms with Gasteiger partial charge in [-0.05, 0) is 11.8 Å². The highest BCUT2D eigenvalue weighted by molar-refractivity contribution is 7.89. The number of nitrogens with two attached hydrogens (primary N) is 1. The number of sulfonamides is 1. The molecule has 0 aliphatic carbocycles. The molecule has 0 saturated heterocycles. The second-order valence-corrected chi connectivity index (χ2v) is 7.67. The molecule has 0 bridgehead atoms. The van der Waals surface area contributed by atoms with Gasteiger partial charge in [0, 0.05) is 13.6 Å². The minimum Gasteiger partial charge on any atom is -0.381 e. The van der Waals surface area contributed by atoms with Crippen LogP contribution in [0.4, 0.5) is 5.82 Å². The monoisotopic (exact) mass is 302 g/mol. The summed E-state index contributed by atoms with van der Waals surface area (Å²) in [6.45, 7) is 6.68. The van der Waals surface area contributed by atoms with Gasteiger partial charge < -0.3 is 10.3 Å². The molecule has 20 heavy (non-hydrogen) atoms. The standard InChI is InChI=1S/C13H26N4O2S/c1-5-6-7-8-13(2,3)9-16-20(18,19)12-11(14)15-10-17(12)4/h10,16H,5-9,14H2,1-4H3. The molecule has 1 aromatic rings. The second-order valence-electron chi connectivity index (χ2n) is 5.99. The average molecular weight is 302 g/mol. The van der Waals surface area contributed by atoms with E-state index in [4.69, 9.17) is 5.73 Å². The van der Waals surface area contributed by atoms with Crippen molar-refractivity contribution in [3.8, 4) is 0 Å². The zero-order valence-corrected chi connectivity index (χ0v) is 13.6. The van der Waals surface area contributed by atoms with E-state index in [2.05, 4.69) is 30.5 Å². The van der Waals surface area contributed by atoms with E-state index in [0.29, 0.717) is 6.54 Å². The molecule has 6 nitrogen and oxygen atoms in total. The molecule has 0 radical (unpaired) electrons. The minimum absolute atomic E-state index is 0.0295. The number of aromatic nitrogens is 2. The third-order valence-corrected chi connectivity index (χ3v) is 4.89. The van der Waals surface area contributed by atoms with Gasteiger partial charge >= 0.3 is 0 Å². The van der Waals surface area contributed by atoms with Crippen molar-refractivity contribution in [2.45, 2.75) is 51.5 Å². The fourth-order valence-electron chi connectivity index (χ4n) is 2.07. The number of anilines is 1. The number of nitrogen functional groups attached to an aromatic ring is 1. The number of nitrogens with one attached hydrogen (secondary N) is 1. The lowest BCUT2D eigenvalue weighted by Crippen LogP contribution is -2.35. The van der Waals surface area contributed by atoms with Crippen molar-refractivity contribution >= 4 is 15.8 Å². The van der Waals surface area contributed by atoms with Crippen LogP contribution in [0.2, 0.25) is 0 Å². The molecule has 0 aliphatic heterocycles. The molecule has 1 heterocycles. The smallest absolute Gasteiger partial charge is 0.260 e. The third-order valence-electron chi connectivity index (χ3n) is 3.36. The van der Waals surface area contributed by atoms with Crippen LogP contribution in [0.15, 0.2) is 11.4 Å². The second kappa shape index (κ2) is 6.58. The fourth-order valence-corrected chi connectivity index (χ4v) is 3.54. The Balaban J connectivity index is 2.69. The number of rotatable bonds is 8. The molecular weight excluding hydrogens is 276 g/mol. The van der Waals surface area contributed by atoms with Crippen LogP contribution in [0.25, 0.3) is 0 Å². The van der Waals surface area contributed by atoms with Crippen molar-refractivity contribution in [3.63, 3.8) is 0 Å². The predicted octanol–water partition coefficient (Wildman–Crippen LogP) is 1.89. The van der Waals surface area contributed by atoms with Crippen LogP contribution in [-0.2, 0) is 17.1 Å². The zero-order valence-electron chi connectivity index (χ0n) is 12.8. The molecule has 0 atom stereocenters. The fraction of sp³-hybridized carbons (Fsp3) is 0.769. The maximum absolute atomic E-state index is 12.3. The number of nitrogens with zero attached hydrogens (tertiary/aromatic N) is 2. The van der Waals surface area contributed by atoms with Crippen molar-refractivity contribution in [3.05, 3.63) is 6.33 Å². The van der Waals surface area contributed by atoms with Gasteiger partial charge in [0.25, 0.3) is 10.0 Å². The normalized spacial score (nSPS) is 12.8. The van der Waals surface area contributed by atoms with Crippen molar-refractivity contribution in [2.75, 3.05) is 12.3 Å². The van der Waals surface area contributed by atoms with E-state index in [-0.39, 0.29) is 16.3 Å². The summed E-state index contributed by atoms with van der Waals surface area (Å²) in [5, 5.41) is 0.0295. The molecule has 0 aliphatic rings. The molecule has 0 unspecified atom stereocenters. The quantitative estimate of drug-likeness (QED) is 0.717. The summed E-state index contributed by atoms with van der Waals surface area (Å²) >= 11 is 0. The summed E-state index contributed by atoms with van der Waals surface area (Å²) in [7, 11) is -2.00. The van der Waals surface area contributed by atoms with Crippen LogP contribution >= 0.6 is 0 Å². The van der Waals surface area contributed by atoms with Crippen LogP contribution in [-0.4, -0.2) is 24.5 Å². The molecule has 0 aromatic carbocycles. The largest absolute Gasteiger partial charge is 0.381 e. The molecule has 0 spiro atoms.